The third kappa shape index (κ3) is 3.22. The van der Waals surface area contributed by atoms with Crippen LogP contribution in [0.4, 0.5) is 0 Å². The average Bonchev–Trinajstić information content (AvgIpc) is 2.73. The number of carbonyl (C=O) groups is 1. The maximum atomic E-state index is 12.0. The molecule has 0 saturated carbocycles. The fourth-order valence-electron chi connectivity index (χ4n) is 3.77. The van der Waals surface area contributed by atoms with Crippen molar-refractivity contribution in [3.05, 3.63) is 91.0 Å². The van der Waals surface area contributed by atoms with Crippen LogP contribution in [-0.4, -0.2) is 26.9 Å². The zero-order chi connectivity index (χ0) is 18.7. The standard InChI is InChI=1S/C23H23NO2Si/c1-18(22-17-24-23(22)25)26-27(19-11-5-2-6-12-19,20-13-7-3-8-14-20)21-15-9-4-10-16-21/h2-16,18,22H,17H2,1H3,(H,24,25)/t18?,22-/m1/s1. The number of rotatable bonds is 6. The van der Waals surface area contributed by atoms with Gasteiger partial charge in [0.25, 0.3) is 8.32 Å². The molecule has 0 aromatic heterocycles. The number of hydrogen-bond acceptors (Lipinski definition) is 2. The minimum Gasteiger partial charge on any atom is -0.401 e. The molecule has 3 aromatic rings. The molecule has 2 atom stereocenters. The molecule has 0 bridgehead atoms. The van der Waals surface area contributed by atoms with Gasteiger partial charge in [0.2, 0.25) is 5.91 Å². The van der Waals surface area contributed by atoms with Crippen LogP contribution >= 0.6 is 0 Å². The Morgan fingerprint density at radius 1 is 0.815 bits per heavy atom. The molecule has 3 aromatic carbocycles. The first-order valence-corrected chi connectivity index (χ1v) is 11.2. The van der Waals surface area contributed by atoms with Gasteiger partial charge in [-0.2, -0.15) is 0 Å². The predicted octanol–water partition coefficient (Wildman–Crippen LogP) is 1.80. The second-order valence-electron chi connectivity index (χ2n) is 6.95. The SMILES string of the molecule is CC(O[Si](c1ccccc1)(c1ccccc1)c1ccccc1)[C@H]1CNC1=O. The van der Waals surface area contributed by atoms with E-state index in [1.54, 1.807) is 0 Å². The number of amides is 1. The monoisotopic (exact) mass is 373 g/mol. The Morgan fingerprint density at radius 2 is 1.22 bits per heavy atom. The molecule has 1 unspecified atom stereocenters. The quantitative estimate of drug-likeness (QED) is 0.407. The Balaban J connectivity index is 1.90. The lowest BCUT2D eigenvalue weighted by Gasteiger charge is -2.40. The van der Waals surface area contributed by atoms with Gasteiger partial charge in [0.05, 0.1) is 12.0 Å². The van der Waals surface area contributed by atoms with Gasteiger partial charge in [0.1, 0.15) is 0 Å². The van der Waals surface area contributed by atoms with E-state index in [1.807, 2.05) is 25.1 Å². The van der Waals surface area contributed by atoms with Crippen LogP contribution in [0.3, 0.4) is 0 Å². The molecule has 3 nitrogen and oxygen atoms in total. The minimum absolute atomic E-state index is 0.0829. The van der Waals surface area contributed by atoms with Crippen molar-refractivity contribution in [2.24, 2.45) is 5.92 Å². The van der Waals surface area contributed by atoms with Crippen molar-refractivity contribution in [3.8, 4) is 0 Å². The van der Waals surface area contributed by atoms with Crippen LogP contribution in [0.25, 0.3) is 0 Å². The molecule has 1 amide bonds. The van der Waals surface area contributed by atoms with Crippen molar-refractivity contribution in [2.75, 3.05) is 6.54 Å². The van der Waals surface area contributed by atoms with Crippen LogP contribution in [0.5, 0.6) is 0 Å². The van der Waals surface area contributed by atoms with Crippen LogP contribution in [0, 0.1) is 5.92 Å². The molecule has 1 aliphatic heterocycles. The summed E-state index contributed by atoms with van der Waals surface area (Å²) < 4.78 is 6.95. The summed E-state index contributed by atoms with van der Waals surface area (Å²) in [5.41, 5.74) is 0. The zero-order valence-electron chi connectivity index (χ0n) is 15.3. The molecule has 1 aliphatic rings. The summed E-state index contributed by atoms with van der Waals surface area (Å²) in [4.78, 5) is 12.0. The summed E-state index contributed by atoms with van der Waals surface area (Å²) in [6.45, 7) is 2.71. The zero-order valence-corrected chi connectivity index (χ0v) is 16.3. The first-order chi connectivity index (χ1) is 13.2. The Morgan fingerprint density at radius 3 is 1.52 bits per heavy atom. The Labute approximate surface area is 161 Å². The van der Waals surface area contributed by atoms with Gasteiger partial charge in [-0.3, -0.25) is 4.79 Å². The van der Waals surface area contributed by atoms with Gasteiger partial charge in [-0.1, -0.05) is 91.0 Å². The Kier molecular flexibility index (Phi) is 4.92. The van der Waals surface area contributed by atoms with Crippen LogP contribution in [0.15, 0.2) is 91.0 Å². The number of carbonyl (C=O) groups excluding carboxylic acids is 1. The maximum absolute atomic E-state index is 12.0. The highest BCUT2D eigenvalue weighted by molar-refractivity contribution is 7.07. The van der Waals surface area contributed by atoms with E-state index in [0.29, 0.717) is 6.54 Å². The molecule has 1 heterocycles. The molecule has 0 aliphatic carbocycles. The predicted molar refractivity (Wildman–Crippen MR) is 111 cm³/mol. The fraction of sp³-hybridized carbons (Fsp3) is 0.174. The van der Waals surface area contributed by atoms with Gasteiger partial charge in [0.15, 0.2) is 0 Å². The average molecular weight is 374 g/mol. The molecule has 1 N–H and O–H groups in total. The number of nitrogens with one attached hydrogen (secondary N) is 1. The Hall–Kier alpha value is -2.69. The van der Waals surface area contributed by atoms with Crippen molar-refractivity contribution in [1.29, 1.82) is 0 Å². The topological polar surface area (TPSA) is 38.3 Å². The second kappa shape index (κ2) is 7.51. The first-order valence-electron chi connectivity index (χ1n) is 9.34. The largest absolute Gasteiger partial charge is 0.401 e. The number of benzene rings is 3. The summed E-state index contributed by atoms with van der Waals surface area (Å²) in [6, 6.07) is 31.4. The van der Waals surface area contributed by atoms with E-state index >= 15 is 0 Å². The van der Waals surface area contributed by atoms with Crippen LogP contribution in [0.1, 0.15) is 6.92 Å². The van der Waals surface area contributed by atoms with Crippen LogP contribution in [0.2, 0.25) is 0 Å². The molecule has 1 saturated heterocycles. The normalized spacial score (nSPS) is 17.7. The lowest BCUT2D eigenvalue weighted by molar-refractivity contribution is -0.134. The molecular weight excluding hydrogens is 350 g/mol. The molecular formula is C23H23NO2Si. The van der Waals surface area contributed by atoms with Gasteiger partial charge < -0.3 is 9.74 Å². The molecule has 0 radical (unpaired) electrons. The molecule has 27 heavy (non-hydrogen) atoms. The van der Waals surface area contributed by atoms with Crippen molar-refractivity contribution in [1.82, 2.24) is 5.32 Å². The highest BCUT2D eigenvalue weighted by atomic mass is 28.4. The van der Waals surface area contributed by atoms with Crippen molar-refractivity contribution < 1.29 is 9.22 Å². The second-order valence-corrected chi connectivity index (χ2v) is 10.3. The van der Waals surface area contributed by atoms with E-state index in [2.05, 4.69) is 78.1 Å². The smallest absolute Gasteiger partial charge is 0.288 e. The third-order valence-corrected chi connectivity index (χ3v) is 9.47. The van der Waals surface area contributed by atoms with Gasteiger partial charge in [0, 0.05) is 6.54 Å². The van der Waals surface area contributed by atoms with Gasteiger partial charge in [-0.05, 0) is 22.5 Å². The molecule has 4 rings (SSSR count). The maximum Gasteiger partial charge on any atom is 0.288 e. The van der Waals surface area contributed by atoms with Gasteiger partial charge in [-0.25, -0.2) is 0 Å². The summed E-state index contributed by atoms with van der Waals surface area (Å²) in [5.74, 6) is -0.00685. The number of hydrogen-bond donors (Lipinski definition) is 1. The number of β-lactam (4-membered cyclic amide) rings is 1. The summed E-state index contributed by atoms with van der Waals surface area (Å²) >= 11 is 0. The summed E-state index contributed by atoms with van der Waals surface area (Å²) in [5, 5.41) is 6.41. The molecule has 4 heteroatoms. The Bertz CT molecular complexity index is 803. The van der Waals surface area contributed by atoms with E-state index in [4.69, 9.17) is 4.43 Å². The first kappa shape index (κ1) is 17.7. The minimum atomic E-state index is -2.74. The van der Waals surface area contributed by atoms with Crippen LogP contribution < -0.4 is 20.9 Å². The van der Waals surface area contributed by atoms with Crippen molar-refractivity contribution >= 4 is 29.8 Å². The summed E-state index contributed by atoms with van der Waals surface area (Å²) in [7, 11) is -2.74. The van der Waals surface area contributed by atoms with E-state index < -0.39 is 8.32 Å². The van der Waals surface area contributed by atoms with E-state index in [9.17, 15) is 4.79 Å². The molecule has 0 spiro atoms. The highest BCUT2D eigenvalue weighted by Crippen LogP contribution is 2.20. The molecule has 1 fully saturated rings. The van der Waals surface area contributed by atoms with Crippen LogP contribution in [-0.2, 0) is 9.22 Å². The lowest BCUT2D eigenvalue weighted by Crippen LogP contribution is -2.71. The highest BCUT2D eigenvalue weighted by Gasteiger charge is 2.46. The van der Waals surface area contributed by atoms with Crippen molar-refractivity contribution in [3.63, 3.8) is 0 Å². The fourth-order valence-corrected chi connectivity index (χ4v) is 7.88. The summed E-state index contributed by atoms with van der Waals surface area (Å²) in [6.07, 6.45) is -0.161. The third-order valence-electron chi connectivity index (χ3n) is 5.30. The van der Waals surface area contributed by atoms with E-state index in [0.717, 1.165) is 0 Å². The van der Waals surface area contributed by atoms with Gasteiger partial charge >= 0.3 is 0 Å². The molecule has 136 valence electrons. The van der Waals surface area contributed by atoms with Crippen molar-refractivity contribution in [2.45, 2.75) is 13.0 Å². The van der Waals surface area contributed by atoms with E-state index in [-0.39, 0.29) is 17.9 Å². The lowest BCUT2D eigenvalue weighted by atomic mass is 9.97. The van der Waals surface area contributed by atoms with Gasteiger partial charge in [-0.15, -0.1) is 0 Å². The van der Waals surface area contributed by atoms with E-state index in [1.165, 1.54) is 15.6 Å².